The number of halogens is 1. The lowest BCUT2D eigenvalue weighted by atomic mass is 10.1. The molecule has 0 radical (unpaired) electrons. The molecule has 1 aromatic heterocycles. The zero-order chi connectivity index (χ0) is 23.3. The molecule has 9 nitrogen and oxygen atoms in total. The summed E-state index contributed by atoms with van der Waals surface area (Å²) >= 11 is 6.17. The van der Waals surface area contributed by atoms with Crippen LogP contribution in [-0.2, 0) is 11.8 Å². The molecule has 0 aliphatic rings. The first-order valence-electron chi connectivity index (χ1n) is 9.57. The van der Waals surface area contributed by atoms with Gasteiger partial charge in [0, 0.05) is 38.1 Å². The number of amides is 1. The van der Waals surface area contributed by atoms with Gasteiger partial charge in [-0.3, -0.25) is 9.48 Å². The van der Waals surface area contributed by atoms with Crippen molar-refractivity contribution in [3.63, 3.8) is 0 Å². The fourth-order valence-electron chi connectivity index (χ4n) is 2.84. The van der Waals surface area contributed by atoms with Crippen LogP contribution in [-0.4, -0.2) is 46.6 Å². The highest BCUT2D eigenvalue weighted by atomic mass is 35.5. The van der Waals surface area contributed by atoms with Crippen LogP contribution in [0, 0.1) is 0 Å². The van der Waals surface area contributed by atoms with Crippen molar-refractivity contribution in [1.29, 1.82) is 0 Å². The Morgan fingerprint density at radius 3 is 2.53 bits per heavy atom. The van der Waals surface area contributed by atoms with Gasteiger partial charge in [0.1, 0.15) is 23.4 Å². The molecule has 1 unspecified atom stereocenters. The number of benzene rings is 2. The van der Waals surface area contributed by atoms with E-state index in [-0.39, 0.29) is 33.8 Å². The minimum absolute atomic E-state index is 0.0308. The number of ether oxygens (including phenoxy) is 3. The van der Waals surface area contributed by atoms with Crippen LogP contribution in [0.4, 0.5) is 5.82 Å². The maximum absolute atomic E-state index is 12.8. The number of carboxylic acids is 1. The van der Waals surface area contributed by atoms with Gasteiger partial charge in [0.25, 0.3) is 5.91 Å². The number of hydrogen-bond donors (Lipinski definition) is 2. The molecule has 3 rings (SSSR count). The first-order chi connectivity index (χ1) is 15.2. The Hall–Kier alpha value is -3.56. The fraction of sp³-hybridized carbons (Fsp3) is 0.227. The molecule has 1 amide bonds. The van der Waals surface area contributed by atoms with Crippen molar-refractivity contribution in [2.75, 3.05) is 19.0 Å². The summed E-state index contributed by atoms with van der Waals surface area (Å²) in [6.07, 6.45) is 1.43. The van der Waals surface area contributed by atoms with E-state index in [0.717, 1.165) is 0 Å². The van der Waals surface area contributed by atoms with Crippen LogP contribution < -0.4 is 14.8 Å². The zero-order valence-electron chi connectivity index (χ0n) is 17.7. The number of aromatic nitrogens is 2. The molecular formula is C22H22ClN3O6. The summed E-state index contributed by atoms with van der Waals surface area (Å²) in [5.41, 5.74) is 0.300. The number of nitrogens with zero attached hydrogens (tertiary/aromatic N) is 2. The van der Waals surface area contributed by atoms with E-state index < -0.39 is 11.9 Å². The predicted octanol–water partition coefficient (Wildman–Crippen LogP) is 4.23. The van der Waals surface area contributed by atoms with Crippen molar-refractivity contribution in [2.45, 2.75) is 13.0 Å². The molecule has 0 saturated heterocycles. The molecule has 168 valence electrons. The normalized spacial score (nSPS) is 11.6. The van der Waals surface area contributed by atoms with Crippen molar-refractivity contribution in [2.24, 2.45) is 7.05 Å². The van der Waals surface area contributed by atoms with E-state index >= 15 is 0 Å². The number of hydrogen-bond acceptors (Lipinski definition) is 6. The molecule has 32 heavy (non-hydrogen) atoms. The zero-order valence-corrected chi connectivity index (χ0v) is 18.4. The molecule has 0 aliphatic heterocycles. The highest BCUT2D eigenvalue weighted by molar-refractivity contribution is 6.32. The number of aryl methyl sites for hydroxylation is 1. The summed E-state index contributed by atoms with van der Waals surface area (Å²) < 4.78 is 18.3. The van der Waals surface area contributed by atoms with E-state index in [9.17, 15) is 9.59 Å². The van der Waals surface area contributed by atoms with Crippen LogP contribution in [0.25, 0.3) is 0 Å². The van der Waals surface area contributed by atoms with Gasteiger partial charge in [-0.1, -0.05) is 11.6 Å². The summed E-state index contributed by atoms with van der Waals surface area (Å²) in [6, 6.07) is 10.5. The Bertz CT molecular complexity index is 1130. The molecular weight excluding hydrogens is 438 g/mol. The Morgan fingerprint density at radius 2 is 1.91 bits per heavy atom. The average molecular weight is 460 g/mol. The van der Waals surface area contributed by atoms with Crippen LogP contribution >= 0.6 is 11.6 Å². The Morgan fingerprint density at radius 1 is 1.16 bits per heavy atom. The van der Waals surface area contributed by atoms with Gasteiger partial charge in [-0.2, -0.15) is 5.10 Å². The van der Waals surface area contributed by atoms with Crippen LogP contribution in [0.3, 0.4) is 0 Å². The van der Waals surface area contributed by atoms with Crippen LogP contribution in [0.2, 0.25) is 5.02 Å². The smallest absolute Gasteiger partial charge is 0.335 e. The van der Waals surface area contributed by atoms with Gasteiger partial charge in [-0.25, -0.2) is 4.79 Å². The third-order valence-electron chi connectivity index (χ3n) is 4.24. The second kappa shape index (κ2) is 10.2. The molecule has 2 aromatic carbocycles. The topological polar surface area (TPSA) is 112 Å². The molecule has 0 spiro atoms. The summed E-state index contributed by atoms with van der Waals surface area (Å²) in [4.78, 5) is 23.9. The SMILES string of the molecule is COCC(C)Oc1cc(Oc2ccc(C(=O)O)cc2Cl)cc(C(=O)Nc2ccn(C)n2)c1. The van der Waals surface area contributed by atoms with E-state index in [1.54, 1.807) is 43.2 Å². The molecule has 0 bridgehead atoms. The molecule has 0 aliphatic carbocycles. The lowest BCUT2D eigenvalue weighted by molar-refractivity contribution is 0.0696. The van der Waals surface area contributed by atoms with Gasteiger partial charge < -0.3 is 24.6 Å². The quantitative estimate of drug-likeness (QED) is 0.492. The van der Waals surface area contributed by atoms with Crippen molar-refractivity contribution in [3.8, 4) is 17.2 Å². The van der Waals surface area contributed by atoms with Gasteiger partial charge in [0.15, 0.2) is 5.82 Å². The van der Waals surface area contributed by atoms with E-state index in [0.29, 0.717) is 18.2 Å². The maximum Gasteiger partial charge on any atom is 0.335 e. The largest absolute Gasteiger partial charge is 0.488 e. The molecule has 0 fully saturated rings. The maximum atomic E-state index is 12.8. The first kappa shape index (κ1) is 23.1. The van der Waals surface area contributed by atoms with E-state index in [4.69, 9.17) is 30.9 Å². The second-order valence-corrected chi connectivity index (χ2v) is 7.37. The minimum Gasteiger partial charge on any atom is -0.488 e. The number of anilines is 1. The van der Waals surface area contributed by atoms with Gasteiger partial charge in [-0.15, -0.1) is 0 Å². The van der Waals surface area contributed by atoms with Gasteiger partial charge >= 0.3 is 5.97 Å². The van der Waals surface area contributed by atoms with Gasteiger partial charge in [0.05, 0.1) is 17.2 Å². The molecule has 0 saturated carbocycles. The van der Waals surface area contributed by atoms with E-state index in [1.165, 1.54) is 24.3 Å². The Labute approximate surface area is 189 Å². The lowest BCUT2D eigenvalue weighted by Gasteiger charge is -2.16. The molecule has 1 heterocycles. The number of carbonyl (C=O) groups is 2. The number of rotatable bonds is 9. The monoisotopic (exact) mass is 459 g/mol. The standard InChI is InChI=1S/C22H22ClN3O6/c1-13(12-30-3)31-16-8-15(21(27)24-20-6-7-26(2)25-20)9-17(11-16)32-19-5-4-14(22(28)29)10-18(19)23/h4-11,13H,12H2,1-3H3,(H,28,29)(H,24,25,27). The number of methoxy groups -OCH3 is 1. The van der Waals surface area contributed by atoms with Gasteiger partial charge in [-0.05, 0) is 37.3 Å². The Kier molecular flexibility index (Phi) is 7.34. The third kappa shape index (κ3) is 5.99. The summed E-state index contributed by atoms with van der Waals surface area (Å²) in [5, 5.41) is 16.1. The highest BCUT2D eigenvalue weighted by Crippen LogP contribution is 2.33. The number of carbonyl (C=O) groups excluding carboxylic acids is 1. The predicted molar refractivity (Wildman–Crippen MR) is 118 cm³/mol. The summed E-state index contributed by atoms with van der Waals surface area (Å²) in [6.45, 7) is 2.18. The van der Waals surface area contributed by atoms with Crippen molar-refractivity contribution in [1.82, 2.24) is 9.78 Å². The van der Waals surface area contributed by atoms with Crippen LogP contribution in [0.15, 0.2) is 48.7 Å². The minimum atomic E-state index is -1.10. The van der Waals surface area contributed by atoms with Crippen molar-refractivity contribution < 1.29 is 28.9 Å². The Balaban J connectivity index is 1.90. The summed E-state index contributed by atoms with van der Waals surface area (Å²) in [7, 11) is 3.31. The lowest BCUT2D eigenvalue weighted by Crippen LogP contribution is -2.18. The summed E-state index contributed by atoms with van der Waals surface area (Å²) in [5.74, 6) is -0.221. The van der Waals surface area contributed by atoms with Crippen molar-refractivity contribution >= 4 is 29.3 Å². The number of aromatic carboxylic acids is 1. The molecule has 2 N–H and O–H groups in total. The number of nitrogens with one attached hydrogen (secondary N) is 1. The number of carboxylic acid groups (broad SMARTS) is 1. The van der Waals surface area contributed by atoms with Gasteiger partial charge in [0.2, 0.25) is 0 Å². The fourth-order valence-corrected chi connectivity index (χ4v) is 3.06. The van der Waals surface area contributed by atoms with Crippen LogP contribution in [0.5, 0.6) is 17.2 Å². The van der Waals surface area contributed by atoms with Crippen molar-refractivity contribution in [3.05, 3.63) is 64.8 Å². The third-order valence-corrected chi connectivity index (χ3v) is 4.54. The first-order valence-corrected chi connectivity index (χ1v) is 9.95. The molecule has 10 heteroatoms. The molecule has 3 aromatic rings. The average Bonchev–Trinajstić information content (AvgIpc) is 3.13. The van der Waals surface area contributed by atoms with E-state index in [1.807, 2.05) is 6.92 Å². The highest BCUT2D eigenvalue weighted by Gasteiger charge is 2.15. The van der Waals surface area contributed by atoms with E-state index in [2.05, 4.69) is 10.4 Å². The molecule has 1 atom stereocenters. The van der Waals surface area contributed by atoms with Crippen LogP contribution in [0.1, 0.15) is 27.6 Å². The second-order valence-electron chi connectivity index (χ2n) is 6.96.